The molecule has 2 unspecified atom stereocenters. The molecule has 49 heavy (non-hydrogen) atoms. The molecule has 4 amide bonds. The van der Waals surface area contributed by atoms with Crippen molar-refractivity contribution >= 4 is 58.3 Å². The molecule has 1 aliphatic carbocycles. The summed E-state index contributed by atoms with van der Waals surface area (Å²) < 4.78 is 11.0. The van der Waals surface area contributed by atoms with Crippen LogP contribution in [0.2, 0.25) is 10.0 Å². The molecular formula is C36H42Cl2N6O5. The van der Waals surface area contributed by atoms with E-state index in [0.29, 0.717) is 48.1 Å². The smallest absolute Gasteiger partial charge is 0.330 e. The average Bonchev–Trinajstić information content (AvgIpc) is 3.09. The van der Waals surface area contributed by atoms with E-state index in [1.54, 1.807) is 24.0 Å². The number of amidine groups is 1. The van der Waals surface area contributed by atoms with Gasteiger partial charge in [-0.15, -0.1) is 0 Å². The number of hydrogen-bond donors (Lipinski definition) is 3. The molecule has 3 N–H and O–H groups in total. The van der Waals surface area contributed by atoms with Crippen LogP contribution >= 0.6 is 23.2 Å². The van der Waals surface area contributed by atoms with E-state index in [-0.39, 0.29) is 52.7 Å². The molecule has 3 aliphatic rings. The Bertz CT molecular complexity index is 1680. The van der Waals surface area contributed by atoms with Crippen LogP contribution in [0.25, 0.3) is 0 Å². The second kappa shape index (κ2) is 16.3. The van der Waals surface area contributed by atoms with Gasteiger partial charge in [-0.05, 0) is 55.5 Å². The lowest BCUT2D eigenvalue weighted by Gasteiger charge is -2.39. The lowest BCUT2D eigenvalue weighted by molar-refractivity contribution is -0.117. The second-order valence-corrected chi connectivity index (χ2v) is 12.8. The van der Waals surface area contributed by atoms with Crippen molar-refractivity contribution in [2.45, 2.75) is 70.5 Å². The monoisotopic (exact) mass is 708 g/mol. The van der Waals surface area contributed by atoms with Crippen LogP contribution in [0.3, 0.4) is 0 Å². The Morgan fingerprint density at radius 1 is 1.04 bits per heavy atom. The number of amides is 4. The minimum Gasteiger partial charge on any atom is -0.495 e. The van der Waals surface area contributed by atoms with Crippen LogP contribution in [0.4, 0.5) is 16.2 Å². The van der Waals surface area contributed by atoms with Gasteiger partial charge in [0.15, 0.2) is 0 Å². The molecule has 260 valence electrons. The number of nitrogens with zero attached hydrogens (tertiary/aromatic N) is 3. The maximum Gasteiger partial charge on any atom is 0.330 e. The highest BCUT2D eigenvalue weighted by molar-refractivity contribution is 6.42. The molecule has 5 rings (SSSR count). The van der Waals surface area contributed by atoms with Gasteiger partial charge in [0.25, 0.3) is 0 Å². The van der Waals surface area contributed by atoms with Gasteiger partial charge >= 0.3 is 6.03 Å². The van der Waals surface area contributed by atoms with E-state index in [0.717, 1.165) is 36.8 Å². The fourth-order valence-electron chi connectivity index (χ4n) is 6.25. The molecule has 0 aromatic heterocycles. The molecule has 0 bridgehead atoms. The van der Waals surface area contributed by atoms with Crippen LogP contribution in [0.5, 0.6) is 11.5 Å². The molecule has 2 aromatic rings. The van der Waals surface area contributed by atoms with Crippen LogP contribution < -0.4 is 30.3 Å². The number of rotatable bonds is 11. The van der Waals surface area contributed by atoms with Gasteiger partial charge in [-0.3, -0.25) is 19.4 Å². The number of urea groups is 1. The highest BCUT2D eigenvalue weighted by atomic mass is 35.5. The van der Waals surface area contributed by atoms with Crippen molar-refractivity contribution in [2.75, 3.05) is 31.0 Å². The lowest BCUT2D eigenvalue weighted by atomic mass is 9.90. The van der Waals surface area contributed by atoms with Gasteiger partial charge in [0.1, 0.15) is 33.2 Å². The Morgan fingerprint density at radius 2 is 1.73 bits per heavy atom. The molecule has 0 spiro atoms. The predicted molar refractivity (Wildman–Crippen MR) is 194 cm³/mol. The zero-order valence-electron chi connectivity index (χ0n) is 28.0. The molecule has 1 saturated heterocycles. The first-order valence-electron chi connectivity index (χ1n) is 16.4. The van der Waals surface area contributed by atoms with Crippen LogP contribution in [0.1, 0.15) is 57.4 Å². The zero-order valence-corrected chi connectivity index (χ0v) is 29.5. The van der Waals surface area contributed by atoms with Gasteiger partial charge in [0.2, 0.25) is 11.8 Å². The number of carbonyl (C=O) groups is 3. The Kier molecular flexibility index (Phi) is 11.9. The largest absolute Gasteiger partial charge is 0.495 e. The van der Waals surface area contributed by atoms with E-state index in [2.05, 4.69) is 28.6 Å². The molecule has 0 radical (unpaired) electrons. The number of carbonyl (C=O) groups excluding carboxylic acids is 3. The van der Waals surface area contributed by atoms with E-state index in [9.17, 15) is 14.4 Å². The van der Waals surface area contributed by atoms with E-state index in [1.165, 1.54) is 25.2 Å². The van der Waals surface area contributed by atoms with Gasteiger partial charge in [-0.25, -0.2) is 9.79 Å². The first-order valence-corrected chi connectivity index (χ1v) is 17.2. The molecule has 2 atom stereocenters. The van der Waals surface area contributed by atoms with Crippen LogP contribution in [-0.4, -0.2) is 61.4 Å². The third kappa shape index (κ3) is 8.22. The fraction of sp³-hybridized carbons (Fsp3) is 0.389. The predicted octanol–water partition coefficient (Wildman–Crippen LogP) is 6.96. The van der Waals surface area contributed by atoms with Crippen molar-refractivity contribution in [3.05, 3.63) is 82.1 Å². The number of fused-ring (bicyclic) bond motifs is 1. The van der Waals surface area contributed by atoms with E-state index >= 15 is 0 Å². The van der Waals surface area contributed by atoms with Crippen molar-refractivity contribution in [1.82, 2.24) is 15.5 Å². The number of nitrogens with one attached hydrogen (secondary N) is 3. The van der Waals surface area contributed by atoms with Gasteiger partial charge in [0, 0.05) is 35.8 Å². The number of allylic oxidation sites excluding steroid dienone is 2. The summed E-state index contributed by atoms with van der Waals surface area (Å²) in [5, 5.41) is 9.89. The highest BCUT2D eigenvalue weighted by Crippen LogP contribution is 2.47. The molecule has 2 heterocycles. The first-order chi connectivity index (χ1) is 23.7. The summed E-state index contributed by atoms with van der Waals surface area (Å²) in [6.45, 7) is 5.66. The average molecular weight is 710 g/mol. The number of halogens is 2. The fourth-order valence-corrected chi connectivity index (χ4v) is 6.95. The molecular weight excluding hydrogens is 667 g/mol. The number of hydrogen-bond acceptors (Lipinski definition) is 7. The standard InChI is InChI=1S/C36H42Cl2N6O5/c1-5-30(45)39-24-14-11-12-22(18-24)20-44-35-23(21-43(36(44)47)34-32(37)27(48-3)19-28(49-4)33(34)38)13-7-10-17-29(42-35)40-25-15-8-9-16-26(25)41-31(46)6-2/h6,11-14,17-19,25-26,40H,2,5,7-10,15-16,20-21H2,1,3-4H3,(H,39,45)(H,41,46)/b23-13-,29-17?,42-35?. The molecule has 13 heteroatoms. The van der Waals surface area contributed by atoms with Crippen LogP contribution in [0.15, 0.2) is 71.5 Å². The first kappa shape index (κ1) is 35.8. The van der Waals surface area contributed by atoms with E-state index in [1.807, 2.05) is 24.3 Å². The quantitative estimate of drug-likeness (QED) is 0.217. The van der Waals surface area contributed by atoms with Gasteiger partial charge in [-0.1, -0.05) is 67.8 Å². The van der Waals surface area contributed by atoms with Crippen molar-refractivity contribution < 1.29 is 23.9 Å². The summed E-state index contributed by atoms with van der Waals surface area (Å²) in [4.78, 5) is 47.3. The number of methoxy groups -OCH3 is 2. The van der Waals surface area contributed by atoms with Gasteiger partial charge in [0.05, 0.1) is 33.0 Å². The van der Waals surface area contributed by atoms with Crippen LogP contribution in [-0.2, 0) is 16.1 Å². The van der Waals surface area contributed by atoms with Crippen LogP contribution in [0, 0.1) is 0 Å². The Hall–Kier alpha value is -4.48. The van der Waals surface area contributed by atoms with Crippen molar-refractivity contribution in [3.63, 3.8) is 0 Å². The maximum atomic E-state index is 14.7. The van der Waals surface area contributed by atoms with Crippen molar-refractivity contribution in [3.8, 4) is 11.5 Å². The molecule has 1 saturated carbocycles. The molecule has 2 fully saturated rings. The zero-order chi connectivity index (χ0) is 35.1. The second-order valence-electron chi connectivity index (χ2n) is 12.0. The summed E-state index contributed by atoms with van der Waals surface area (Å²) >= 11 is 13.7. The summed E-state index contributed by atoms with van der Waals surface area (Å²) in [6.07, 6.45) is 10.8. The number of anilines is 2. The maximum absolute atomic E-state index is 14.7. The summed E-state index contributed by atoms with van der Waals surface area (Å²) in [7, 11) is 2.96. The van der Waals surface area contributed by atoms with Gasteiger partial charge < -0.3 is 25.4 Å². The normalized spacial score (nSPS) is 20.3. The lowest BCUT2D eigenvalue weighted by Crippen LogP contribution is -2.54. The molecule has 2 aliphatic heterocycles. The van der Waals surface area contributed by atoms with E-state index < -0.39 is 6.03 Å². The Balaban J connectivity index is 1.57. The number of ether oxygens (including phenoxy) is 2. The Labute approximate surface area is 297 Å². The highest BCUT2D eigenvalue weighted by Gasteiger charge is 2.39. The SMILES string of the molecule is C=CC(=O)NC1CCCCC1NC1=CCC/C=C2/CN(c3c(Cl)c(OC)cc(OC)c3Cl)C(=O)N(Cc3cccc(NC(=O)CC)c3)C2=N1. The number of benzene rings is 2. The minimum absolute atomic E-state index is 0.0509. The minimum atomic E-state index is -0.410. The van der Waals surface area contributed by atoms with Crippen molar-refractivity contribution in [2.24, 2.45) is 4.99 Å². The van der Waals surface area contributed by atoms with Crippen molar-refractivity contribution in [1.29, 1.82) is 0 Å². The summed E-state index contributed by atoms with van der Waals surface area (Å²) in [5.41, 5.74) is 2.46. The topological polar surface area (TPSA) is 125 Å². The summed E-state index contributed by atoms with van der Waals surface area (Å²) in [5.74, 6) is 1.39. The van der Waals surface area contributed by atoms with E-state index in [4.69, 9.17) is 37.7 Å². The Morgan fingerprint density at radius 3 is 2.41 bits per heavy atom. The number of aliphatic imine (C=N–C) groups is 1. The van der Waals surface area contributed by atoms with Gasteiger partial charge in [-0.2, -0.15) is 0 Å². The molecule has 2 aromatic carbocycles. The summed E-state index contributed by atoms with van der Waals surface area (Å²) in [6, 6.07) is 8.39. The third-order valence-electron chi connectivity index (χ3n) is 8.76. The third-order valence-corrected chi connectivity index (χ3v) is 9.49. The molecule has 11 nitrogen and oxygen atoms in total.